The summed E-state index contributed by atoms with van der Waals surface area (Å²) in [6.07, 6.45) is -7.82. The summed E-state index contributed by atoms with van der Waals surface area (Å²) >= 11 is 6.17. The van der Waals surface area contributed by atoms with Gasteiger partial charge in [0.2, 0.25) is 0 Å². The van der Waals surface area contributed by atoms with Crippen LogP contribution in [-0.4, -0.2) is 24.5 Å². The van der Waals surface area contributed by atoms with Crippen molar-refractivity contribution in [3.8, 4) is 0 Å². The molecule has 0 spiro atoms. The first-order valence-corrected chi connectivity index (χ1v) is 10.6. The highest BCUT2D eigenvalue weighted by Crippen LogP contribution is 2.39. The van der Waals surface area contributed by atoms with Crippen molar-refractivity contribution < 1.29 is 35.9 Å². The highest BCUT2D eigenvalue weighted by molar-refractivity contribution is 6.31. The second-order valence-electron chi connectivity index (χ2n) is 8.08. The monoisotopic (exact) mass is 493 g/mol. The number of hydrogen-bond donors (Lipinski definition) is 0. The molecule has 2 aromatic carbocycles. The number of likely N-dealkylation sites (tertiary alicyclic amines) is 1. The molecule has 0 amide bonds. The Morgan fingerprint density at radius 3 is 2.21 bits per heavy atom. The topological polar surface area (TPSA) is 29.5 Å². The van der Waals surface area contributed by atoms with Gasteiger partial charge >= 0.3 is 18.3 Å². The number of nitrogens with zero attached hydrogens (tertiary/aromatic N) is 1. The Kier molecular flexibility index (Phi) is 7.63. The maximum atomic E-state index is 13.2. The first-order valence-electron chi connectivity index (χ1n) is 10.2. The number of halogens is 7. The van der Waals surface area contributed by atoms with Gasteiger partial charge in [0.1, 0.15) is 0 Å². The predicted octanol–water partition coefficient (Wildman–Crippen LogP) is 6.89. The molecule has 0 radical (unpaired) electrons. The van der Waals surface area contributed by atoms with Crippen LogP contribution in [0.15, 0.2) is 42.5 Å². The lowest BCUT2D eigenvalue weighted by atomic mass is 9.84. The zero-order chi connectivity index (χ0) is 24.4. The molecule has 3 nitrogen and oxygen atoms in total. The van der Waals surface area contributed by atoms with Crippen LogP contribution in [0.25, 0.3) is 0 Å². The number of carbonyl (C=O) groups excluding carboxylic acids is 1. The van der Waals surface area contributed by atoms with E-state index in [1.807, 2.05) is 4.90 Å². The summed E-state index contributed by atoms with van der Waals surface area (Å²) in [6.45, 7) is 0.513. The van der Waals surface area contributed by atoms with Crippen LogP contribution in [0.5, 0.6) is 0 Å². The highest BCUT2D eigenvalue weighted by Gasteiger charge is 2.35. The molecule has 1 fully saturated rings. The minimum absolute atomic E-state index is 0.0713. The molecule has 2 aromatic rings. The lowest BCUT2D eigenvalue weighted by molar-refractivity contribution is -0.142. The Morgan fingerprint density at radius 2 is 1.64 bits per heavy atom. The summed E-state index contributed by atoms with van der Waals surface area (Å²) < 4.78 is 83.2. The van der Waals surface area contributed by atoms with E-state index in [0.29, 0.717) is 24.9 Å². The molecule has 0 aromatic heterocycles. The van der Waals surface area contributed by atoms with E-state index in [1.165, 1.54) is 25.3 Å². The molecule has 3 rings (SSSR count). The van der Waals surface area contributed by atoms with Crippen molar-refractivity contribution in [2.45, 2.75) is 44.2 Å². The van der Waals surface area contributed by atoms with Crippen molar-refractivity contribution in [2.75, 3.05) is 13.7 Å². The van der Waals surface area contributed by atoms with Crippen molar-refractivity contribution in [2.24, 2.45) is 5.92 Å². The third-order valence-electron chi connectivity index (χ3n) is 5.87. The van der Waals surface area contributed by atoms with E-state index in [9.17, 15) is 31.1 Å². The van der Waals surface area contributed by atoms with E-state index in [1.54, 1.807) is 0 Å². The zero-order valence-electron chi connectivity index (χ0n) is 17.6. The fourth-order valence-electron chi connectivity index (χ4n) is 4.11. The average molecular weight is 494 g/mol. The van der Waals surface area contributed by atoms with Gasteiger partial charge in [-0.2, -0.15) is 26.3 Å². The van der Waals surface area contributed by atoms with E-state index < -0.39 is 29.5 Å². The van der Waals surface area contributed by atoms with Crippen molar-refractivity contribution in [1.82, 2.24) is 4.90 Å². The molecule has 0 bridgehead atoms. The molecule has 10 heteroatoms. The summed E-state index contributed by atoms with van der Waals surface area (Å²) in [5.41, 5.74) is -0.760. The van der Waals surface area contributed by atoms with Gasteiger partial charge in [-0.3, -0.25) is 9.69 Å². The largest absolute Gasteiger partial charge is 0.469 e. The Labute approximate surface area is 192 Å². The van der Waals surface area contributed by atoms with Gasteiger partial charge in [-0.25, -0.2) is 0 Å². The molecule has 2 atom stereocenters. The van der Waals surface area contributed by atoms with Gasteiger partial charge in [0.15, 0.2) is 0 Å². The number of piperidine rings is 1. The SMILES string of the molecule is COC(=O)C[C@@H]1CCN(Cc2cc(C(F)(F)F)ccc2Cl)[C@H](c2ccc(C(F)(F)F)cc2)C1. The molecule has 1 aliphatic heterocycles. The van der Waals surface area contributed by atoms with E-state index >= 15 is 0 Å². The maximum Gasteiger partial charge on any atom is 0.416 e. The predicted molar refractivity (Wildman–Crippen MR) is 110 cm³/mol. The first-order chi connectivity index (χ1) is 15.4. The Bertz CT molecular complexity index is 974. The zero-order valence-corrected chi connectivity index (χ0v) is 18.4. The maximum absolute atomic E-state index is 13.2. The molecule has 0 unspecified atom stereocenters. The van der Waals surface area contributed by atoms with E-state index in [-0.39, 0.29) is 35.4 Å². The molecule has 0 N–H and O–H groups in total. The summed E-state index contributed by atoms with van der Waals surface area (Å²) in [4.78, 5) is 13.6. The van der Waals surface area contributed by atoms with Crippen molar-refractivity contribution in [1.29, 1.82) is 0 Å². The summed E-state index contributed by atoms with van der Waals surface area (Å²) in [5, 5.41) is 0.172. The van der Waals surface area contributed by atoms with Gasteiger partial charge in [-0.15, -0.1) is 0 Å². The Hall–Kier alpha value is -2.26. The molecular weight excluding hydrogens is 472 g/mol. The number of esters is 1. The van der Waals surface area contributed by atoms with Crippen molar-refractivity contribution in [3.05, 3.63) is 69.7 Å². The van der Waals surface area contributed by atoms with Gasteiger partial charge in [0.25, 0.3) is 0 Å². The number of rotatable bonds is 5. The van der Waals surface area contributed by atoms with Gasteiger partial charge < -0.3 is 4.74 Å². The first kappa shape index (κ1) is 25.4. The molecule has 33 heavy (non-hydrogen) atoms. The number of alkyl halides is 6. The fraction of sp³-hybridized carbons (Fsp3) is 0.435. The number of methoxy groups -OCH3 is 1. The third kappa shape index (κ3) is 6.41. The normalized spacial score (nSPS) is 20.0. The summed E-state index contributed by atoms with van der Waals surface area (Å²) in [7, 11) is 1.28. The fourth-order valence-corrected chi connectivity index (χ4v) is 4.29. The van der Waals surface area contributed by atoms with E-state index in [4.69, 9.17) is 16.3 Å². The molecule has 1 saturated heterocycles. The van der Waals surface area contributed by atoms with Crippen LogP contribution in [0.1, 0.15) is 47.6 Å². The number of ether oxygens (including phenoxy) is 1. The number of carbonyl (C=O) groups is 1. The van der Waals surface area contributed by atoms with E-state index in [0.717, 1.165) is 24.3 Å². The Balaban J connectivity index is 1.90. The molecule has 180 valence electrons. The summed E-state index contributed by atoms with van der Waals surface area (Å²) in [6, 6.07) is 7.39. The van der Waals surface area contributed by atoms with Crippen LogP contribution in [0.3, 0.4) is 0 Å². The quantitative estimate of drug-likeness (QED) is 0.335. The second kappa shape index (κ2) is 9.93. The van der Waals surface area contributed by atoms with Crippen molar-refractivity contribution in [3.63, 3.8) is 0 Å². The average Bonchev–Trinajstić information content (AvgIpc) is 2.74. The van der Waals surface area contributed by atoms with Crippen LogP contribution in [-0.2, 0) is 28.4 Å². The molecule has 0 saturated carbocycles. The van der Waals surface area contributed by atoms with Gasteiger partial charge in [-0.05, 0) is 66.8 Å². The van der Waals surface area contributed by atoms with Crippen LogP contribution < -0.4 is 0 Å². The third-order valence-corrected chi connectivity index (χ3v) is 6.24. The lowest BCUT2D eigenvalue weighted by Crippen LogP contribution is -2.37. The smallest absolute Gasteiger partial charge is 0.416 e. The van der Waals surface area contributed by atoms with Crippen LogP contribution in [0.4, 0.5) is 26.3 Å². The Morgan fingerprint density at radius 1 is 1.03 bits per heavy atom. The molecule has 1 aliphatic rings. The van der Waals surface area contributed by atoms with Crippen LogP contribution in [0, 0.1) is 5.92 Å². The molecule has 0 aliphatic carbocycles. The van der Waals surface area contributed by atoms with Crippen LogP contribution in [0.2, 0.25) is 5.02 Å². The van der Waals surface area contributed by atoms with Gasteiger partial charge in [0, 0.05) is 24.0 Å². The molecular formula is C23H22ClF6NO2. The number of benzene rings is 2. The molecule has 1 heterocycles. The highest BCUT2D eigenvalue weighted by atomic mass is 35.5. The standard InChI is InChI=1S/C23H22ClF6NO2/c1-33-21(32)11-14-8-9-31(13-16-12-18(23(28,29)30)6-7-19(16)24)20(10-14)15-2-4-17(5-3-15)22(25,26)27/h2-7,12,14,20H,8-11,13H2,1H3/t14-,20+/m1/s1. The van der Waals surface area contributed by atoms with E-state index in [2.05, 4.69) is 0 Å². The van der Waals surface area contributed by atoms with Crippen molar-refractivity contribution >= 4 is 17.6 Å². The lowest BCUT2D eigenvalue weighted by Gasteiger charge is -2.40. The summed E-state index contributed by atoms with van der Waals surface area (Å²) in [5.74, 6) is -0.460. The number of hydrogen-bond acceptors (Lipinski definition) is 3. The van der Waals surface area contributed by atoms with Gasteiger partial charge in [-0.1, -0.05) is 23.7 Å². The minimum Gasteiger partial charge on any atom is -0.469 e. The van der Waals surface area contributed by atoms with Gasteiger partial charge in [0.05, 0.1) is 18.2 Å². The van der Waals surface area contributed by atoms with Crippen LogP contribution >= 0.6 is 11.6 Å². The minimum atomic E-state index is -4.53. The second-order valence-corrected chi connectivity index (χ2v) is 8.49.